The molecule has 1 aromatic rings. The standard InChI is InChI=1S/C14H19IN2O/c1-10-4-2-6-12(13(10)15)14(18)17-11-5-3-8-16-9-7-11/h2,4,6,11,16H,3,5,7-9H2,1H3,(H,17,18). The van der Waals surface area contributed by atoms with E-state index in [-0.39, 0.29) is 5.91 Å². The first-order valence-electron chi connectivity index (χ1n) is 6.45. The lowest BCUT2D eigenvalue weighted by Crippen LogP contribution is -2.35. The SMILES string of the molecule is Cc1cccc(C(=O)NC2CCCNCC2)c1I. The van der Waals surface area contributed by atoms with Crippen molar-refractivity contribution < 1.29 is 4.79 Å². The zero-order valence-corrected chi connectivity index (χ0v) is 12.8. The average Bonchev–Trinajstić information content (AvgIpc) is 2.61. The third-order valence-electron chi connectivity index (χ3n) is 3.35. The summed E-state index contributed by atoms with van der Waals surface area (Å²) in [4.78, 5) is 12.3. The predicted octanol–water partition coefficient (Wildman–Crippen LogP) is 2.47. The number of amides is 1. The van der Waals surface area contributed by atoms with Crippen LogP contribution in [0.25, 0.3) is 0 Å². The first-order valence-corrected chi connectivity index (χ1v) is 7.53. The normalized spacial score (nSPS) is 20.2. The molecule has 2 N–H and O–H groups in total. The van der Waals surface area contributed by atoms with Crippen LogP contribution in [0.3, 0.4) is 0 Å². The summed E-state index contributed by atoms with van der Waals surface area (Å²) in [6.07, 6.45) is 3.23. The van der Waals surface area contributed by atoms with Crippen molar-refractivity contribution in [3.8, 4) is 0 Å². The van der Waals surface area contributed by atoms with E-state index in [4.69, 9.17) is 0 Å². The summed E-state index contributed by atoms with van der Waals surface area (Å²) in [6, 6.07) is 6.19. The molecule has 0 bridgehead atoms. The number of aryl methyl sites for hydroxylation is 1. The van der Waals surface area contributed by atoms with Gasteiger partial charge >= 0.3 is 0 Å². The van der Waals surface area contributed by atoms with Crippen LogP contribution in [-0.4, -0.2) is 25.0 Å². The van der Waals surface area contributed by atoms with E-state index < -0.39 is 0 Å². The summed E-state index contributed by atoms with van der Waals surface area (Å²) in [5, 5.41) is 6.52. The van der Waals surface area contributed by atoms with Gasteiger partial charge in [0, 0.05) is 9.61 Å². The summed E-state index contributed by atoms with van der Waals surface area (Å²) in [6.45, 7) is 4.10. The third kappa shape index (κ3) is 3.45. The van der Waals surface area contributed by atoms with Gasteiger partial charge in [-0.2, -0.15) is 0 Å². The fraction of sp³-hybridized carbons (Fsp3) is 0.500. The van der Waals surface area contributed by atoms with Gasteiger partial charge < -0.3 is 10.6 Å². The summed E-state index contributed by atoms with van der Waals surface area (Å²) >= 11 is 2.25. The zero-order valence-electron chi connectivity index (χ0n) is 10.6. The molecule has 1 aromatic carbocycles. The summed E-state index contributed by atoms with van der Waals surface area (Å²) < 4.78 is 1.05. The Morgan fingerprint density at radius 2 is 2.22 bits per heavy atom. The molecule has 1 atom stereocenters. The smallest absolute Gasteiger partial charge is 0.252 e. The van der Waals surface area contributed by atoms with Crippen LogP contribution in [-0.2, 0) is 0 Å². The van der Waals surface area contributed by atoms with Gasteiger partial charge in [0.05, 0.1) is 5.56 Å². The van der Waals surface area contributed by atoms with Crippen molar-refractivity contribution in [1.29, 1.82) is 0 Å². The molecule has 0 radical (unpaired) electrons. The van der Waals surface area contributed by atoms with Crippen LogP contribution < -0.4 is 10.6 Å². The molecule has 1 unspecified atom stereocenters. The fourth-order valence-corrected chi connectivity index (χ4v) is 2.85. The van der Waals surface area contributed by atoms with Gasteiger partial charge in [0.2, 0.25) is 0 Å². The molecule has 1 aliphatic rings. The van der Waals surface area contributed by atoms with Gasteiger partial charge in [-0.1, -0.05) is 12.1 Å². The van der Waals surface area contributed by atoms with E-state index in [0.29, 0.717) is 6.04 Å². The average molecular weight is 358 g/mol. The third-order valence-corrected chi connectivity index (χ3v) is 4.78. The van der Waals surface area contributed by atoms with Crippen LogP contribution >= 0.6 is 22.6 Å². The maximum absolute atomic E-state index is 12.3. The largest absolute Gasteiger partial charge is 0.349 e. The van der Waals surface area contributed by atoms with Crippen LogP contribution in [0.4, 0.5) is 0 Å². The Bertz CT molecular complexity index is 426. The first-order chi connectivity index (χ1) is 8.68. The van der Waals surface area contributed by atoms with Crippen LogP contribution in [0.2, 0.25) is 0 Å². The van der Waals surface area contributed by atoms with Crippen molar-refractivity contribution in [2.45, 2.75) is 32.2 Å². The molecule has 1 aliphatic heterocycles. The highest BCUT2D eigenvalue weighted by Gasteiger charge is 2.17. The van der Waals surface area contributed by atoms with Crippen LogP contribution in [0.5, 0.6) is 0 Å². The summed E-state index contributed by atoms with van der Waals surface area (Å²) in [5.74, 6) is 0.0648. The highest BCUT2D eigenvalue weighted by Crippen LogP contribution is 2.17. The molecule has 3 nitrogen and oxygen atoms in total. The zero-order chi connectivity index (χ0) is 13.0. The maximum atomic E-state index is 12.3. The molecule has 1 fully saturated rings. The van der Waals surface area contributed by atoms with E-state index in [0.717, 1.165) is 47.0 Å². The summed E-state index contributed by atoms with van der Waals surface area (Å²) in [7, 11) is 0. The summed E-state index contributed by atoms with van der Waals surface area (Å²) in [5.41, 5.74) is 1.96. The Labute approximate surface area is 122 Å². The minimum absolute atomic E-state index is 0.0648. The second-order valence-electron chi connectivity index (χ2n) is 4.79. The first kappa shape index (κ1) is 13.8. The van der Waals surface area contributed by atoms with Gasteiger partial charge in [0.15, 0.2) is 0 Å². The molecule has 98 valence electrons. The molecule has 0 spiro atoms. The number of carbonyl (C=O) groups excluding carboxylic acids is 1. The van der Waals surface area contributed by atoms with Crippen molar-refractivity contribution in [3.05, 3.63) is 32.9 Å². The van der Waals surface area contributed by atoms with E-state index >= 15 is 0 Å². The Kier molecular flexibility index (Phi) is 5.00. The number of hydrogen-bond acceptors (Lipinski definition) is 2. The number of nitrogens with one attached hydrogen (secondary N) is 2. The number of halogens is 1. The van der Waals surface area contributed by atoms with Gasteiger partial charge in [0.25, 0.3) is 5.91 Å². The number of benzene rings is 1. The van der Waals surface area contributed by atoms with Gasteiger partial charge in [-0.3, -0.25) is 4.79 Å². The Hall–Kier alpha value is -0.620. The monoisotopic (exact) mass is 358 g/mol. The van der Waals surface area contributed by atoms with Crippen molar-refractivity contribution in [3.63, 3.8) is 0 Å². The van der Waals surface area contributed by atoms with Crippen LogP contribution in [0.1, 0.15) is 35.2 Å². The van der Waals surface area contributed by atoms with E-state index in [9.17, 15) is 4.79 Å². The second kappa shape index (κ2) is 6.52. The molecular formula is C14H19IN2O. The topological polar surface area (TPSA) is 41.1 Å². The minimum Gasteiger partial charge on any atom is -0.349 e. The lowest BCUT2D eigenvalue weighted by molar-refractivity contribution is 0.0933. The van der Waals surface area contributed by atoms with Crippen molar-refractivity contribution in [2.75, 3.05) is 13.1 Å². The predicted molar refractivity (Wildman–Crippen MR) is 81.9 cm³/mol. The lowest BCUT2D eigenvalue weighted by atomic mass is 10.1. The second-order valence-corrected chi connectivity index (χ2v) is 5.87. The minimum atomic E-state index is 0.0648. The molecule has 1 amide bonds. The number of hydrogen-bond donors (Lipinski definition) is 2. The molecule has 0 saturated carbocycles. The van der Waals surface area contributed by atoms with Gasteiger partial charge in [-0.25, -0.2) is 0 Å². The van der Waals surface area contributed by atoms with Gasteiger partial charge in [-0.05, 0) is 73.5 Å². The molecule has 18 heavy (non-hydrogen) atoms. The highest BCUT2D eigenvalue weighted by atomic mass is 127. The van der Waals surface area contributed by atoms with Gasteiger partial charge in [-0.15, -0.1) is 0 Å². The van der Waals surface area contributed by atoms with Crippen LogP contribution in [0, 0.1) is 10.5 Å². The molecule has 0 aliphatic carbocycles. The molecule has 0 aromatic heterocycles. The van der Waals surface area contributed by atoms with Crippen molar-refractivity contribution in [1.82, 2.24) is 10.6 Å². The Morgan fingerprint density at radius 3 is 3.06 bits per heavy atom. The lowest BCUT2D eigenvalue weighted by Gasteiger charge is -2.17. The van der Waals surface area contributed by atoms with E-state index in [2.05, 4.69) is 33.2 Å². The fourth-order valence-electron chi connectivity index (χ4n) is 2.25. The molecule has 4 heteroatoms. The quantitative estimate of drug-likeness (QED) is 0.798. The number of rotatable bonds is 2. The molecular weight excluding hydrogens is 339 g/mol. The maximum Gasteiger partial charge on any atom is 0.252 e. The molecule has 2 rings (SSSR count). The Morgan fingerprint density at radius 1 is 1.39 bits per heavy atom. The van der Waals surface area contributed by atoms with Crippen LogP contribution in [0.15, 0.2) is 18.2 Å². The van der Waals surface area contributed by atoms with E-state index in [1.165, 1.54) is 0 Å². The van der Waals surface area contributed by atoms with Gasteiger partial charge in [0.1, 0.15) is 0 Å². The van der Waals surface area contributed by atoms with E-state index in [1.54, 1.807) is 0 Å². The van der Waals surface area contributed by atoms with Crippen molar-refractivity contribution >= 4 is 28.5 Å². The Balaban J connectivity index is 2.04. The molecule has 1 saturated heterocycles. The van der Waals surface area contributed by atoms with E-state index in [1.807, 2.05) is 25.1 Å². The number of carbonyl (C=O) groups is 1. The molecule has 1 heterocycles. The van der Waals surface area contributed by atoms with Crippen molar-refractivity contribution in [2.24, 2.45) is 0 Å². The highest BCUT2D eigenvalue weighted by molar-refractivity contribution is 14.1.